The van der Waals surface area contributed by atoms with E-state index in [4.69, 9.17) is 4.74 Å². The van der Waals surface area contributed by atoms with E-state index in [0.717, 1.165) is 17.8 Å². The van der Waals surface area contributed by atoms with Crippen LogP contribution in [0, 0.1) is 0 Å². The van der Waals surface area contributed by atoms with Crippen LogP contribution in [0.1, 0.15) is 24.8 Å². The molecule has 0 aliphatic carbocycles. The summed E-state index contributed by atoms with van der Waals surface area (Å²) in [5.74, 6) is -0.0454. The molecular weight excluding hydrogens is 320 g/mol. The van der Waals surface area contributed by atoms with Crippen LogP contribution >= 0.6 is 0 Å². The van der Waals surface area contributed by atoms with Crippen LogP contribution in [-0.2, 0) is 14.3 Å². The van der Waals surface area contributed by atoms with Crippen LogP contribution in [0.3, 0.4) is 0 Å². The number of hydrazone groups is 1. The largest absolute Gasteiger partial charge is 0.378 e. The van der Waals surface area contributed by atoms with Crippen LogP contribution in [0.5, 0.6) is 0 Å². The predicted molar refractivity (Wildman–Crippen MR) is 94.2 cm³/mol. The molecule has 0 saturated carbocycles. The number of nitrogens with zero attached hydrogens (tertiary/aromatic N) is 2. The monoisotopic (exact) mass is 344 g/mol. The summed E-state index contributed by atoms with van der Waals surface area (Å²) < 4.78 is 5.34. The highest BCUT2D eigenvalue weighted by molar-refractivity contribution is 6.04. The number of ether oxygens (including phenoxy) is 1. The Kier molecular flexibility index (Phi) is 6.14. The van der Waals surface area contributed by atoms with Crippen LogP contribution in [0.2, 0.25) is 0 Å². The average Bonchev–Trinajstić information content (AvgIpc) is 2.65. The lowest BCUT2D eigenvalue weighted by Gasteiger charge is -2.25. The maximum atomic E-state index is 12.0. The zero-order chi connectivity index (χ0) is 17.5. The van der Waals surface area contributed by atoms with Gasteiger partial charge in [0.1, 0.15) is 0 Å². The number of carbonyl (C=O) groups excluding carboxylic acids is 2. The third-order valence-corrected chi connectivity index (χ3v) is 4.29. The van der Waals surface area contributed by atoms with Crippen LogP contribution in [0.25, 0.3) is 0 Å². The minimum absolute atomic E-state index is 0.00345. The van der Waals surface area contributed by atoms with E-state index in [9.17, 15) is 9.59 Å². The molecule has 3 rings (SSSR count). The van der Waals surface area contributed by atoms with Crippen molar-refractivity contribution in [2.75, 3.05) is 32.8 Å². The van der Waals surface area contributed by atoms with E-state index in [1.807, 2.05) is 30.3 Å². The number of hydrogen-bond acceptors (Lipinski definition) is 5. The Balaban J connectivity index is 1.47. The molecule has 1 saturated heterocycles. The molecule has 1 unspecified atom stereocenters. The van der Waals surface area contributed by atoms with Crippen molar-refractivity contribution in [3.05, 3.63) is 35.9 Å². The van der Waals surface area contributed by atoms with Crippen molar-refractivity contribution in [2.24, 2.45) is 5.10 Å². The lowest BCUT2D eigenvalue weighted by atomic mass is 10.0. The Hall–Kier alpha value is -2.25. The van der Waals surface area contributed by atoms with E-state index in [0.29, 0.717) is 45.6 Å². The van der Waals surface area contributed by atoms with E-state index >= 15 is 0 Å². The van der Waals surface area contributed by atoms with Crippen molar-refractivity contribution in [3.8, 4) is 0 Å². The molecule has 25 heavy (non-hydrogen) atoms. The SMILES string of the molecule is O=C(CC1COCCN1)NCCN1N=C(c2ccccc2)CCC1=O. The molecule has 0 radical (unpaired) electrons. The van der Waals surface area contributed by atoms with Crippen LogP contribution in [-0.4, -0.2) is 61.4 Å². The van der Waals surface area contributed by atoms with Gasteiger partial charge < -0.3 is 15.4 Å². The van der Waals surface area contributed by atoms with Gasteiger partial charge in [-0.2, -0.15) is 5.10 Å². The summed E-state index contributed by atoms with van der Waals surface area (Å²) in [5.41, 5.74) is 1.95. The number of nitrogens with one attached hydrogen (secondary N) is 2. The molecule has 0 aromatic heterocycles. The Morgan fingerprint density at radius 2 is 2.16 bits per heavy atom. The predicted octanol–water partition coefficient (Wildman–Crippen LogP) is 0.508. The lowest BCUT2D eigenvalue weighted by molar-refractivity contribution is -0.132. The Morgan fingerprint density at radius 1 is 1.32 bits per heavy atom. The fourth-order valence-electron chi connectivity index (χ4n) is 2.96. The molecule has 0 spiro atoms. The number of hydrogen-bond donors (Lipinski definition) is 2. The molecule has 2 amide bonds. The fraction of sp³-hybridized carbons (Fsp3) is 0.500. The first-order valence-corrected chi connectivity index (χ1v) is 8.73. The fourth-order valence-corrected chi connectivity index (χ4v) is 2.96. The molecule has 134 valence electrons. The van der Waals surface area contributed by atoms with Gasteiger partial charge in [0.15, 0.2) is 0 Å². The minimum Gasteiger partial charge on any atom is -0.378 e. The highest BCUT2D eigenvalue weighted by atomic mass is 16.5. The van der Waals surface area contributed by atoms with Gasteiger partial charge >= 0.3 is 0 Å². The first kappa shape index (κ1) is 17.6. The zero-order valence-electron chi connectivity index (χ0n) is 14.2. The third-order valence-electron chi connectivity index (χ3n) is 4.29. The topological polar surface area (TPSA) is 83.0 Å². The molecule has 2 N–H and O–H groups in total. The Morgan fingerprint density at radius 3 is 2.92 bits per heavy atom. The van der Waals surface area contributed by atoms with Gasteiger partial charge in [0.05, 0.1) is 25.5 Å². The summed E-state index contributed by atoms with van der Waals surface area (Å²) in [4.78, 5) is 24.0. The van der Waals surface area contributed by atoms with E-state index < -0.39 is 0 Å². The van der Waals surface area contributed by atoms with Gasteiger partial charge in [-0.25, -0.2) is 5.01 Å². The standard InChI is InChI=1S/C18H24N4O3/c23-17(12-15-13-25-11-9-19-15)20-8-10-22-18(24)7-6-16(21-22)14-4-2-1-3-5-14/h1-5,15,19H,6-13H2,(H,20,23). The number of morpholine rings is 1. The van der Waals surface area contributed by atoms with Crippen LogP contribution in [0.4, 0.5) is 0 Å². The summed E-state index contributed by atoms with van der Waals surface area (Å²) in [5, 5.41) is 12.0. The van der Waals surface area contributed by atoms with Crippen LogP contribution in [0.15, 0.2) is 35.4 Å². The number of rotatable bonds is 6. The first-order valence-electron chi connectivity index (χ1n) is 8.73. The van der Waals surface area contributed by atoms with E-state index in [-0.39, 0.29) is 17.9 Å². The molecule has 2 aliphatic heterocycles. The summed E-state index contributed by atoms with van der Waals surface area (Å²) in [7, 11) is 0. The normalized spacial score (nSPS) is 21.0. The van der Waals surface area contributed by atoms with Crippen molar-refractivity contribution < 1.29 is 14.3 Å². The average molecular weight is 344 g/mol. The molecule has 7 nitrogen and oxygen atoms in total. The Labute approximate surface area is 147 Å². The molecule has 2 heterocycles. The van der Waals surface area contributed by atoms with Crippen molar-refractivity contribution in [2.45, 2.75) is 25.3 Å². The zero-order valence-corrected chi connectivity index (χ0v) is 14.2. The summed E-state index contributed by atoms with van der Waals surface area (Å²) in [6.07, 6.45) is 1.48. The number of carbonyl (C=O) groups is 2. The summed E-state index contributed by atoms with van der Waals surface area (Å²) in [6, 6.07) is 9.93. The van der Waals surface area contributed by atoms with Gasteiger partial charge in [0, 0.05) is 38.4 Å². The van der Waals surface area contributed by atoms with Crippen molar-refractivity contribution >= 4 is 17.5 Å². The number of benzene rings is 1. The maximum absolute atomic E-state index is 12.0. The van der Waals surface area contributed by atoms with Gasteiger partial charge in [-0.1, -0.05) is 30.3 Å². The lowest BCUT2D eigenvalue weighted by Crippen LogP contribution is -2.45. The highest BCUT2D eigenvalue weighted by Crippen LogP contribution is 2.14. The molecule has 0 bridgehead atoms. The quantitative estimate of drug-likeness (QED) is 0.788. The van der Waals surface area contributed by atoms with Gasteiger partial charge in [-0.05, 0) is 5.56 Å². The van der Waals surface area contributed by atoms with E-state index in [2.05, 4.69) is 15.7 Å². The van der Waals surface area contributed by atoms with Gasteiger partial charge in [-0.15, -0.1) is 0 Å². The Bertz CT molecular complexity index is 626. The second kappa shape index (κ2) is 8.73. The van der Waals surface area contributed by atoms with Gasteiger partial charge in [0.25, 0.3) is 0 Å². The van der Waals surface area contributed by atoms with Crippen LogP contribution < -0.4 is 10.6 Å². The molecule has 1 fully saturated rings. The summed E-state index contributed by atoms with van der Waals surface area (Å²) >= 11 is 0. The third kappa shape index (κ3) is 5.11. The summed E-state index contributed by atoms with van der Waals surface area (Å²) in [6.45, 7) is 2.80. The number of amides is 2. The van der Waals surface area contributed by atoms with Crippen molar-refractivity contribution in [3.63, 3.8) is 0 Å². The maximum Gasteiger partial charge on any atom is 0.243 e. The molecule has 2 aliphatic rings. The highest BCUT2D eigenvalue weighted by Gasteiger charge is 2.21. The molecule has 1 aromatic carbocycles. The minimum atomic E-state index is -0.0419. The van der Waals surface area contributed by atoms with Gasteiger partial charge in [0.2, 0.25) is 11.8 Å². The second-order valence-electron chi connectivity index (χ2n) is 6.21. The second-order valence-corrected chi connectivity index (χ2v) is 6.21. The smallest absolute Gasteiger partial charge is 0.243 e. The molecular formula is C18H24N4O3. The van der Waals surface area contributed by atoms with Crippen molar-refractivity contribution in [1.29, 1.82) is 0 Å². The van der Waals surface area contributed by atoms with Crippen molar-refractivity contribution in [1.82, 2.24) is 15.6 Å². The molecule has 1 atom stereocenters. The van der Waals surface area contributed by atoms with Gasteiger partial charge in [-0.3, -0.25) is 9.59 Å². The first-order chi connectivity index (χ1) is 12.2. The molecule has 7 heteroatoms. The van der Waals surface area contributed by atoms with E-state index in [1.165, 1.54) is 5.01 Å². The van der Waals surface area contributed by atoms with E-state index in [1.54, 1.807) is 0 Å². The molecule has 1 aromatic rings.